The molecule has 0 N–H and O–H groups in total. The highest BCUT2D eigenvalue weighted by Gasteiger charge is 2.32. The summed E-state index contributed by atoms with van der Waals surface area (Å²) < 4.78 is 8.34. The van der Waals surface area contributed by atoms with Gasteiger partial charge in [0.25, 0.3) is 5.91 Å². The lowest BCUT2D eigenvalue weighted by molar-refractivity contribution is -0.122. The number of halogens is 1. The van der Waals surface area contributed by atoms with Gasteiger partial charge in [0.15, 0.2) is 0 Å². The number of para-hydroxylation sites is 1. The van der Waals surface area contributed by atoms with Crippen molar-refractivity contribution in [3.63, 3.8) is 0 Å². The first-order valence-electron chi connectivity index (χ1n) is 13.0. The van der Waals surface area contributed by atoms with Crippen molar-refractivity contribution in [2.24, 2.45) is 0 Å². The lowest BCUT2D eigenvalue weighted by Crippen LogP contribution is -2.27. The second-order valence-corrected chi connectivity index (χ2v) is 11.5. The van der Waals surface area contributed by atoms with Gasteiger partial charge in [0, 0.05) is 27.9 Å². The first-order chi connectivity index (χ1) is 20.0. The monoisotopic (exact) mass is 593 g/mol. The van der Waals surface area contributed by atoms with Crippen molar-refractivity contribution in [1.29, 1.82) is 0 Å². The molecule has 0 saturated carbocycles. The third-order valence-corrected chi connectivity index (χ3v) is 8.33. The average Bonchev–Trinajstić information content (AvgIpc) is 3.54. The SMILES string of the molecule is O=C1C(=Cc2cn(-c3ccccc3)nc2-c2ccc(OCc3ccccc3Cl)cc2)SC(=S)N1Cc1ccccc1. The zero-order chi connectivity index (χ0) is 28.2. The van der Waals surface area contributed by atoms with E-state index in [-0.39, 0.29) is 5.91 Å². The highest BCUT2D eigenvalue weighted by molar-refractivity contribution is 8.26. The van der Waals surface area contributed by atoms with Gasteiger partial charge in [0.2, 0.25) is 0 Å². The van der Waals surface area contributed by atoms with Crippen LogP contribution in [-0.2, 0) is 17.9 Å². The number of carbonyl (C=O) groups excluding carboxylic acids is 1. The van der Waals surface area contributed by atoms with Crippen molar-refractivity contribution in [3.05, 3.63) is 142 Å². The lowest BCUT2D eigenvalue weighted by Gasteiger charge is -2.14. The van der Waals surface area contributed by atoms with Gasteiger partial charge in [-0.2, -0.15) is 5.10 Å². The van der Waals surface area contributed by atoms with Crippen LogP contribution in [0.4, 0.5) is 0 Å². The lowest BCUT2D eigenvalue weighted by atomic mass is 10.1. The van der Waals surface area contributed by atoms with Crippen molar-refractivity contribution < 1.29 is 9.53 Å². The molecule has 5 aromatic rings. The molecule has 2 heterocycles. The van der Waals surface area contributed by atoms with Crippen LogP contribution in [0.1, 0.15) is 16.7 Å². The Hall–Kier alpha value is -4.17. The van der Waals surface area contributed by atoms with E-state index in [9.17, 15) is 4.79 Å². The summed E-state index contributed by atoms with van der Waals surface area (Å²) in [5.41, 5.74) is 5.34. The Balaban J connectivity index is 1.29. The molecule has 202 valence electrons. The van der Waals surface area contributed by atoms with Crippen LogP contribution >= 0.6 is 35.6 Å². The summed E-state index contributed by atoms with van der Waals surface area (Å²) in [7, 11) is 0. The second-order valence-electron chi connectivity index (χ2n) is 9.37. The molecule has 0 bridgehead atoms. The van der Waals surface area contributed by atoms with E-state index in [1.165, 1.54) is 11.8 Å². The average molecular weight is 594 g/mol. The standard InChI is InChI=1S/C33H24ClN3O2S2/c34-29-14-8-7-11-25(29)22-39-28-17-15-24(16-18-28)31-26(21-37(35-31)27-12-5-2-6-13-27)19-30-32(38)36(33(40)41-30)20-23-9-3-1-4-10-23/h1-19,21H,20,22H2. The summed E-state index contributed by atoms with van der Waals surface area (Å²) in [4.78, 5) is 15.6. The number of thiocarbonyl (C=S) groups is 1. The quantitative estimate of drug-likeness (QED) is 0.134. The van der Waals surface area contributed by atoms with Crippen LogP contribution in [0.25, 0.3) is 23.0 Å². The Morgan fingerprint density at radius 1 is 0.878 bits per heavy atom. The largest absolute Gasteiger partial charge is 0.489 e. The Kier molecular flexibility index (Phi) is 8.00. The van der Waals surface area contributed by atoms with E-state index in [4.69, 9.17) is 33.7 Å². The Labute approximate surface area is 253 Å². The van der Waals surface area contributed by atoms with Crippen LogP contribution in [-0.4, -0.2) is 24.9 Å². The molecule has 0 unspecified atom stereocenters. The fourth-order valence-electron chi connectivity index (χ4n) is 4.46. The number of hydrogen-bond donors (Lipinski definition) is 0. The number of aromatic nitrogens is 2. The second kappa shape index (κ2) is 12.1. The highest BCUT2D eigenvalue weighted by atomic mass is 35.5. The number of amides is 1. The zero-order valence-corrected chi connectivity index (χ0v) is 24.2. The molecular weight excluding hydrogens is 570 g/mol. The molecule has 6 rings (SSSR count). The van der Waals surface area contributed by atoms with Crippen LogP contribution in [0.5, 0.6) is 5.75 Å². The van der Waals surface area contributed by atoms with E-state index < -0.39 is 0 Å². The first-order valence-corrected chi connectivity index (χ1v) is 14.6. The van der Waals surface area contributed by atoms with E-state index in [2.05, 4.69) is 0 Å². The number of nitrogens with zero attached hydrogens (tertiary/aromatic N) is 3. The number of rotatable bonds is 8. The summed E-state index contributed by atoms with van der Waals surface area (Å²) in [6.07, 6.45) is 3.82. The molecule has 1 aliphatic rings. The van der Waals surface area contributed by atoms with E-state index in [0.29, 0.717) is 27.4 Å². The number of ether oxygens (including phenoxy) is 1. The molecule has 0 radical (unpaired) electrons. The minimum absolute atomic E-state index is 0.106. The van der Waals surface area contributed by atoms with Gasteiger partial charge in [0.05, 0.1) is 22.8 Å². The molecule has 0 spiro atoms. The molecule has 41 heavy (non-hydrogen) atoms. The van der Waals surface area contributed by atoms with Gasteiger partial charge in [-0.15, -0.1) is 0 Å². The van der Waals surface area contributed by atoms with Gasteiger partial charge < -0.3 is 4.74 Å². The maximum Gasteiger partial charge on any atom is 0.266 e. The summed E-state index contributed by atoms with van der Waals surface area (Å²) in [6.45, 7) is 0.812. The van der Waals surface area contributed by atoms with E-state index in [0.717, 1.165) is 39.4 Å². The fraction of sp³-hybridized carbons (Fsp3) is 0.0606. The van der Waals surface area contributed by atoms with Crippen molar-refractivity contribution in [2.75, 3.05) is 0 Å². The molecule has 1 aromatic heterocycles. The summed E-state index contributed by atoms with van der Waals surface area (Å²) in [6, 6.07) is 35.1. The molecule has 1 amide bonds. The topological polar surface area (TPSA) is 47.4 Å². The van der Waals surface area contributed by atoms with Gasteiger partial charge in [-0.05, 0) is 54.1 Å². The summed E-state index contributed by atoms with van der Waals surface area (Å²) in [5, 5.41) is 5.58. The number of hydrogen-bond acceptors (Lipinski definition) is 5. The summed E-state index contributed by atoms with van der Waals surface area (Å²) >= 11 is 13.2. The fourth-order valence-corrected chi connectivity index (χ4v) is 5.90. The van der Waals surface area contributed by atoms with Gasteiger partial charge in [-0.1, -0.05) is 102 Å². The van der Waals surface area contributed by atoms with Crippen molar-refractivity contribution in [3.8, 4) is 22.7 Å². The maximum atomic E-state index is 13.4. The highest BCUT2D eigenvalue weighted by Crippen LogP contribution is 2.36. The minimum Gasteiger partial charge on any atom is -0.489 e. The smallest absolute Gasteiger partial charge is 0.266 e. The molecule has 1 fully saturated rings. The number of thioether (sulfide) groups is 1. The Morgan fingerprint density at radius 3 is 2.29 bits per heavy atom. The normalized spacial score (nSPS) is 14.2. The third kappa shape index (κ3) is 6.12. The van der Waals surface area contributed by atoms with Crippen LogP contribution in [0.3, 0.4) is 0 Å². The molecule has 8 heteroatoms. The maximum absolute atomic E-state index is 13.4. The zero-order valence-electron chi connectivity index (χ0n) is 21.8. The van der Waals surface area contributed by atoms with E-state index >= 15 is 0 Å². The Morgan fingerprint density at radius 2 is 1.56 bits per heavy atom. The molecule has 5 nitrogen and oxygen atoms in total. The molecular formula is C33H24ClN3O2S2. The minimum atomic E-state index is -0.106. The molecule has 4 aromatic carbocycles. The predicted octanol–water partition coefficient (Wildman–Crippen LogP) is 8.17. The van der Waals surface area contributed by atoms with Crippen molar-refractivity contribution in [2.45, 2.75) is 13.2 Å². The number of benzene rings is 4. The molecule has 0 atom stereocenters. The van der Waals surface area contributed by atoms with Gasteiger partial charge in [0.1, 0.15) is 16.7 Å². The predicted molar refractivity (Wildman–Crippen MR) is 170 cm³/mol. The Bertz CT molecular complexity index is 1740. The summed E-state index contributed by atoms with van der Waals surface area (Å²) in [5.74, 6) is 0.616. The van der Waals surface area contributed by atoms with Crippen LogP contribution in [0, 0.1) is 0 Å². The molecule has 0 aliphatic carbocycles. The molecule has 1 saturated heterocycles. The van der Waals surface area contributed by atoms with Crippen LogP contribution < -0.4 is 4.74 Å². The number of carbonyl (C=O) groups is 1. The van der Waals surface area contributed by atoms with Crippen LogP contribution in [0.15, 0.2) is 120 Å². The van der Waals surface area contributed by atoms with E-state index in [1.54, 1.807) is 4.90 Å². The molecule has 1 aliphatic heterocycles. The van der Waals surface area contributed by atoms with Gasteiger partial charge in [-0.3, -0.25) is 9.69 Å². The van der Waals surface area contributed by atoms with Crippen LogP contribution in [0.2, 0.25) is 5.02 Å². The van der Waals surface area contributed by atoms with Crippen molar-refractivity contribution >= 4 is 51.9 Å². The van der Waals surface area contributed by atoms with Gasteiger partial charge >= 0.3 is 0 Å². The van der Waals surface area contributed by atoms with E-state index in [1.807, 2.05) is 126 Å². The third-order valence-electron chi connectivity index (χ3n) is 6.59. The first kappa shape index (κ1) is 27.0. The van der Waals surface area contributed by atoms with Gasteiger partial charge in [-0.25, -0.2) is 4.68 Å². The van der Waals surface area contributed by atoms with Crippen molar-refractivity contribution in [1.82, 2.24) is 14.7 Å².